The van der Waals surface area contributed by atoms with Gasteiger partial charge in [0, 0.05) is 43.4 Å². The Kier molecular flexibility index (Phi) is 3.25. The van der Waals surface area contributed by atoms with Gasteiger partial charge in [0.25, 0.3) is 0 Å². The number of aromatic nitrogens is 1. The highest BCUT2D eigenvalue weighted by Crippen LogP contribution is 2.22. The highest BCUT2D eigenvalue weighted by atomic mass is 16.2. The van der Waals surface area contributed by atoms with Crippen molar-refractivity contribution in [2.45, 2.75) is 6.54 Å². The second-order valence-electron chi connectivity index (χ2n) is 4.80. The summed E-state index contributed by atoms with van der Waals surface area (Å²) in [6.45, 7) is 2.05. The maximum atomic E-state index is 12.4. The lowest BCUT2D eigenvalue weighted by Crippen LogP contribution is -2.31. The van der Waals surface area contributed by atoms with Crippen molar-refractivity contribution in [2.24, 2.45) is 0 Å². The van der Waals surface area contributed by atoms with Crippen LogP contribution in [0.15, 0.2) is 48.8 Å². The van der Waals surface area contributed by atoms with Crippen molar-refractivity contribution in [3.05, 3.63) is 54.4 Å². The first-order chi connectivity index (χ1) is 9.74. The minimum atomic E-state index is 0.0339. The minimum Gasteiger partial charge on any atom is -0.399 e. The Morgan fingerprint density at radius 1 is 1.05 bits per heavy atom. The fourth-order valence-corrected chi connectivity index (χ4v) is 2.33. The summed E-state index contributed by atoms with van der Waals surface area (Å²) in [7, 11) is 0. The van der Waals surface area contributed by atoms with Crippen LogP contribution in [0.25, 0.3) is 0 Å². The van der Waals surface area contributed by atoms with Crippen molar-refractivity contribution >= 4 is 17.4 Å². The standard InChI is InChI=1S/C15H16N4O/c16-13-1-3-14(4-2-13)19-10-9-18(15(19)20)11-12-5-7-17-8-6-12/h1-8H,9-11,16H2. The maximum Gasteiger partial charge on any atom is 0.324 e. The molecule has 0 unspecified atom stereocenters. The van der Waals surface area contributed by atoms with Gasteiger partial charge in [-0.3, -0.25) is 9.88 Å². The van der Waals surface area contributed by atoms with Crippen molar-refractivity contribution < 1.29 is 4.79 Å². The first kappa shape index (κ1) is 12.5. The van der Waals surface area contributed by atoms with Crippen LogP contribution < -0.4 is 10.6 Å². The van der Waals surface area contributed by atoms with Gasteiger partial charge in [0.1, 0.15) is 0 Å². The molecule has 1 fully saturated rings. The van der Waals surface area contributed by atoms with E-state index in [4.69, 9.17) is 5.73 Å². The van der Waals surface area contributed by atoms with Gasteiger partial charge < -0.3 is 10.6 Å². The number of carbonyl (C=O) groups is 1. The fraction of sp³-hybridized carbons (Fsp3) is 0.200. The van der Waals surface area contributed by atoms with Gasteiger partial charge in [0.2, 0.25) is 0 Å². The lowest BCUT2D eigenvalue weighted by molar-refractivity contribution is 0.219. The topological polar surface area (TPSA) is 62.5 Å². The van der Waals surface area contributed by atoms with Crippen molar-refractivity contribution in [3.63, 3.8) is 0 Å². The van der Waals surface area contributed by atoms with Gasteiger partial charge in [0.05, 0.1) is 0 Å². The largest absolute Gasteiger partial charge is 0.399 e. The molecule has 0 saturated carbocycles. The van der Waals surface area contributed by atoms with E-state index in [1.54, 1.807) is 17.3 Å². The van der Waals surface area contributed by atoms with E-state index in [1.807, 2.05) is 41.3 Å². The molecule has 1 aliphatic heterocycles. The monoisotopic (exact) mass is 268 g/mol. The van der Waals surface area contributed by atoms with E-state index in [0.29, 0.717) is 18.8 Å². The second-order valence-corrected chi connectivity index (χ2v) is 4.80. The summed E-state index contributed by atoms with van der Waals surface area (Å²) in [6.07, 6.45) is 3.49. The molecule has 1 saturated heterocycles. The van der Waals surface area contributed by atoms with Crippen LogP contribution in [0.3, 0.4) is 0 Å². The van der Waals surface area contributed by atoms with Crippen LogP contribution >= 0.6 is 0 Å². The molecule has 2 aromatic rings. The SMILES string of the molecule is Nc1ccc(N2CCN(Cc3ccncc3)C2=O)cc1. The molecule has 1 aromatic carbocycles. The third kappa shape index (κ3) is 2.42. The highest BCUT2D eigenvalue weighted by Gasteiger charge is 2.29. The van der Waals surface area contributed by atoms with Crippen LogP contribution in [0.1, 0.15) is 5.56 Å². The molecule has 2 N–H and O–H groups in total. The average Bonchev–Trinajstić information content (AvgIpc) is 2.83. The molecule has 20 heavy (non-hydrogen) atoms. The Hall–Kier alpha value is -2.56. The third-order valence-electron chi connectivity index (χ3n) is 3.42. The number of anilines is 2. The van der Waals surface area contributed by atoms with E-state index >= 15 is 0 Å². The van der Waals surface area contributed by atoms with Gasteiger partial charge in [-0.25, -0.2) is 4.79 Å². The average molecular weight is 268 g/mol. The van der Waals surface area contributed by atoms with Crippen LogP contribution in [-0.2, 0) is 6.54 Å². The van der Waals surface area contributed by atoms with Gasteiger partial charge in [-0.1, -0.05) is 0 Å². The quantitative estimate of drug-likeness (QED) is 0.867. The number of nitrogens with two attached hydrogens (primary N) is 1. The lowest BCUT2D eigenvalue weighted by atomic mass is 10.2. The minimum absolute atomic E-state index is 0.0339. The Labute approximate surface area is 117 Å². The highest BCUT2D eigenvalue weighted by molar-refractivity contribution is 5.94. The van der Waals surface area contributed by atoms with Gasteiger partial charge >= 0.3 is 6.03 Å². The molecule has 102 valence electrons. The van der Waals surface area contributed by atoms with Crippen molar-refractivity contribution in [3.8, 4) is 0 Å². The predicted molar refractivity (Wildman–Crippen MR) is 78.2 cm³/mol. The van der Waals surface area contributed by atoms with E-state index in [0.717, 1.165) is 17.8 Å². The molecule has 0 radical (unpaired) electrons. The van der Waals surface area contributed by atoms with Crippen molar-refractivity contribution in [1.82, 2.24) is 9.88 Å². The number of amides is 2. The molecule has 1 aromatic heterocycles. The zero-order chi connectivity index (χ0) is 13.9. The number of rotatable bonds is 3. The first-order valence-corrected chi connectivity index (χ1v) is 6.55. The number of pyridine rings is 1. The van der Waals surface area contributed by atoms with Crippen LogP contribution in [0, 0.1) is 0 Å². The van der Waals surface area contributed by atoms with Gasteiger partial charge in [0.15, 0.2) is 0 Å². The number of hydrogen-bond acceptors (Lipinski definition) is 3. The Morgan fingerprint density at radius 2 is 1.75 bits per heavy atom. The molecule has 1 aliphatic rings. The third-order valence-corrected chi connectivity index (χ3v) is 3.42. The molecule has 0 spiro atoms. The van der Waals surface area contributed by atoms with E-state index in [-0.39, 0.29) is 6.03 Å². The fourth-order valence-electron chi connectivity index (χ4n) is 2.33. The summed E-state index contributed by atoms with van der Waals surface area (Å²) < 4.78 is 0. The summed E-state index contributed by atoms with van der Waals surface area (Å²) in [4.78, 5) is 20.0. The second kappa shape index (κ2) is 5.21. The van der Waals surface area contributed by atoms with E-state index in [2.05, 4.69) is 4.98 Å². The Morgan fingerprint density at radius 3 is 2.45 bits per heavy atom. The summed E-state index contributed by atoms with van der Waals surface area (Å²) in [5, 5.41) is 0. The summed E-state index contributed by atoms with van der Waals surface area (Å²) in [6, 6.07) is 11.3. The summed E-state index contributed by atoms with van der Waals surface area (Å²) in [5.74, 6) is 0. The molecule has 3 rings (SSSR count). The predicted octanol–water partition coefficient (Wildman–Crippen LogP) is 2.11. The number of hydrogen-bond donors (Lipinski definition) is 1. The molecule has 5 nitrogen and oxygen atoms in total. The van der Waals surface area contributed by atoms with Crippen LogP contribution in [0.4, 0.5) is 16.2 Å². The zero-order valence-corrected chi connectivity index (χ0v) is 11.1. The molecular weight excluding hydrogens is 252 g/mol. The Bertz CT molecular complexity index is 597. The summed E-state index contributed by atoms with van der Waals surface area (Å²) in [5.41, 5.74) is 8.35. The van der Waals surface area contributed by atoms with Crippen molar-refractivity contribution in [2.75, 3.05) is 23.7 Å². The maximum absolute atomic E-state index is 12.4. The van der Waals surface area contributed by atoms with Crippen LogP contribution in [0.5, 0.6) is 0 Å². The molecule has 5 heteroatoms. The number of nitrogens with zero attached hydrogens (tertiary/aromatic N) is 3. The first-order valence-electron chi connectivity index (χ1n) is 6.55. The molecule has 2 amide bonds. The van der Waals surface area contributed by atoms with Gasteiger partial charge in [-0.05, 0) is 42.0 Å². The molecule has 0 atom stereocenters. The lowest BCUT2D eigenvalue weighted by Gasteiger charge is -2.18. The number of nitrogen functional groups attached to an aromatic ring is 1. The smallest absolute Gasteiger partial charge is 0.324 e. The molecular formula is C15H16N4O. The number of urea groups is 1. The van der Waals surface area contributed by atoms with Gasteiger partial charge in [-0.15, -0.1) is 0 Å². The van der Waals surface area contributed by atoms with E-state index < -0.39 is 0 Å². The van der Waals surface area contributed by atoms with Crippen molar-refractivity contribution in [1.29, 1.82) is 0 Å². The molecule has 0 bridgehead atoms. The van der Waals surface area contributed by atoms with Crippen LogP contribution in [0.2, 0.25) is 0 Å². The normalized spacial score (nSPS) is 14.9. The zero-order valence-electron chi connectivity index (χ0n) is 11.1. The number of benzene rings is 1. The Balaban J connectivity index is 1.72. The van der Waals surface area contributed by atoms with Crippen LogP contribution in [-0.4, -0.2) is 29.0 Å². The van der Waals surface area contributed by atoms with E-state index in [1.165, 1.54) is 0 Å². The van der Waals surface area contributed by atoms with Gasteiger partial charge in [-0.2, -0.15) is 0 Å². The molecule has 0 aliphatic carbocycles. The summed E-state index contributed by atoms with van der Waals surface area (Å²) >= 11 is 0. The molecule has 2 heterocycles. The number of carbonyl (C=O) groups excluding carboxylic acids is 1. The van der Waals surface area contributed by atoms with E-state index in [9.17, 15) is 4.79 Å².